The highest BCUT2D eigenvalue weighted by Gasteiger charge is 2.32. The quantitative estimate of drug-likeness (QED) is 0.817. The van der Waals surface area contributed by atoms with E-state index in [1.807, 2.05) is 6.07 Å². The summed E-state index contributed by atoms with van der Waals surface area (Å²) in [5.41, 5.74) is -0.518. The van der Waals surface area contributed by atoms with E-state index in [1.54, 1.807) is 38.1 Å². The average Bonchev–Trinajstić information content (AvgIpc) is 2.37. The van der Waals surface area contributed by atoms with Gasteiger partial charge in [0.15, 0.2) is 0 Å². The van der Waals surface area contributed by atoms with Gasteiger partial charge in [0, 0.05) is 12.6 Å². The minimum absolute atomic E-state index is 0.293. The molecule has 1 aromatic rings. The lowest BCUT2D eigenvalue weighted by molar-refractivity contribution is -0.174. The van der Waals surface area contributed by atoms with E-state index in [2.05, 4.69) is 5.32 Å². The van der Waals surface area contributed by atoms with Gasteiger partial charge in [0.25, 0.3) is 11.8 Å². The van der Waals surface area contributed by atoms with Crippen LogP contribution in [0.15, 0.2) is 30.3 Å². The molecule has 0 bridgehead atoms. The van der Waals surface area contributed by atoms with E-state index >= 15 is 0 Å². The maximum Gasteiger partial charge on any atom is 0.270 e. The van der Waals surface area contributed by atoms with Crippen LogP contribution in [0.5, 0.6) is 0 Å². The van der Waals surface area contributed by atoms with Crippen LogP contribution >= 0.6 is 0 Å². The van der Waals surface area contributed by atoms with E-state index in [4.69, 9.17) is 4.84 Å². The van der Waals surface area contributed by atoms with E-state index in [0.29, 0.717) is 5.56 Å². The summed E-state index contributed by atoms with van der Waals surface area (Å²) in [6.45, 7) is 3.26. The van der Waals surface area contributed by atoms with Crippen molar-refractivity contribution in [2.75, 3.05) is 14.2 Å². The largest absolute Gasteiger partial charge is 0.338 e. The van der Waals surface area contributed by atoms with E-state index in [-0.39, 0.29) is 11.8 Å². The first kappa shape index (κ1) is 14.2. The van der Waals surface area contributed by atoms with Crippen molar-refractivity contribution in [3.05, 3.63) is 35.9 Å². The number of hydrogen-bond donors (Lipinski definition) is 1. The van der Waals surface area contributed by atoms with E-state index in [0.717, 1.165) is 5.06 Å². The Kier molecular flexibility index (Phi) is 4.44. The van der Waals surface area contributed by atoms with Crippen molar-refractivity contribution in [1.82, 2.24) is 10.4 Å². The number of hydroxylamine groups is 2. The number of nitrogens with one attached hydrogen (secondary N) is 1. The first-order chi connectivity index (χ1) is 8.38. The van der Waals surface area contributed by atoms with Crippen LogP contribution in [0.3, 0.4) is 0 Å². The SMILES string of the molecule is CON(C)C(=O)C(C)(C)NC(=O)c1ccccc1. The van der Waals surface area contributed by atoms with Gasteiger partial charge in [-0.15, -0.1) is 0 Å². The molecule has 0 aliphatic heterocycles. The summed E-state index contributed by atoms with van der Waals surface area (Å²) in [7, 11) is 2.89. The van der Waals surface area contributed by atoms with Gasteiger partial charge in [-0.1, -0.05) is 18.2 Å². The van der Waals surface area contributed by atoms with Crippen molar-refractivity contribution in [3.8, 4) is 0 Å². The van der Waals surface area contributed by atoms with Gasteiger partial charge in [-0.2, -0.15) is 0 Å². The summed E-state index contributed by atoms with van der Waals surface area (Å²) in [4.78, 5) is 28.7. The van der Waals surface area contributed by atoms with Gasteiger partial charge in [0.1, 0.15) is 5.54 Å². The van der Waals surface area contributed by atoms with Crippen LogP contribution < -0.4 is 5.32 Å². The zero-order chi connectivity index (χ0) is 13.8. The van der Waals surface area contributed by atoms with Crippen LogP contribution in [-0.4, -0.2) is 36.6 Å². The average molecular weight is 250 g/mol. The molecule has 0 aromatic heterocycles. The van der Waals surface area contributed by atoms with Crippen LogP contribution in [-0.2, 0) is 9.63 Å². The maximum absolute atomic E-state index is 12.0. The Balaban J connectivity index is 2.77. The predicted octanol–water partition coefficient (Wildman–Crippen LogP) is 1.21. The normalized spacial score (nSPS) is 10.9. The number of nitrogens with zero attached hydrogens (tertiary/aromatic N) is 1. The molecule has 0 heterocycles. The third-order valence-corrected chi connectivity index (χ3v) is 2.56. The van der Waals surface area contributed by atoms with E-state index < -0.39 is 5.54 Å². The second-order valence-corrected chi connectivity index (χ2v) is 4.43. The fourth-order valence-electron chi connectivity index (χ4n) is 1.48. The molecule has 0 aliphatic carbocycles. The van der Waals surface area contributed by atoms with Crippen LogP contribution in [0.2, 0.25) is 0 Å². The number of hydrogen-bond acceptors (Lipinski definition) is 3. The molecule has 2 amide bonds. The van der Waals surface area contributed by atoms with Crippen molar-refractivity contribution in [1.29, 1.82) is 0 Å². The highest BCUT2D eigenvalue weighted by Crippen LogP contribution is 2.09. The Hall–Kier alpha value is -1.88. The van der Waals surface area contributed by atoms with Gasteiger partial charge in [-0.3, -0.25) is 14.4 Å². The van der Waals surface area contributed by atoms with Gasteiger partial charge in [0.2, 0.25) is 0 Å². The number of amides is 2. The summed E-state index contributed by atoms with van der Waals surface area (Å²) in [5.74, 6) is -0.618. The van der Waals surface area contributed by atoms with Gasteiger partial charge in [0.05, 0.1) is 7.11 Å². The lowest BCUT2D eigenvalue weighted by Crippen LogP contribution is -2.54. The number of carbonyl (C=O) groups is 2. The lowest BCUT2D eigenvalue weighted by atomic mass is 10.0. The maximum atomic E-state index is 12.0. The zero-order valence-electron chi connectivity index (χ0n) is 11.1. The van der Waals surface area contributed by atoms with Gasteiger partial charge >= 0.3 is 0 Å². The minimum atomic E-state index is -1.03. The van der Waals surface area contributed by atoms with Crippen LogP contribution in [0.1, 0.15) is 24.2 Å². The molecule has 0 unspecified atom stereocenters. The molecular formula is C13H18N2O3. The summed E-state index contributed by atoms with van der Waals surface area (Å²) in [6, 6.07) is 8.74. The van der Waals surface area contributed by atoms with Gasteiger partial charge < -0.3 is 5.32 Å². The van der Waals surface area contributed by atoms with Crippen molar-refractivity contribution in [2.45, 2.75) is 19.4 Å². The fourth-order valence-corrected chi connectivity index (χ4v) is 1.48. The van der Waals surface area contributed by atoms with E-state index in [9.17, 15) is 9.59 Å². The van der Waals surface area contributed by atoms with Crippen LogP contribution in [0, 0.1) is 0 Å². The second kappa shape index (κ2) is 5.64. The van der Waals surface area contributed by atoms with Crippen molar-refractivity contribution < 1.29 is 14.4 Å². The number of likely N-dealkylation sites (N-methyl/N-ethyl adjacent to an activating group) is 1. The van der Waals surface area contributed by atoms with Crippen LogP contribution in [0.4, 0.5) is 0 Å². The Morgan fingerprint density at radius 1 is 1.22 bits per heavy atom. The molecule has 18 heavy (non-hydrogen) atoms. The second-order valence-electron chi connectivity index (χ2n) is 4.43. The monoisotopic (exact) mass is 250 g/mol. The van der Waals surface area contributed by atoms with Crippen molar-refractivity contribution in [3.63, 3.8) is 0 Å². The Labute approximate surface area is 107 Å². The third kappa shape index (κ3) is 3.30. The van der Waals surface area contributed by atoms with Gasteiger partial charge in [-0.25, -0.2) is 5.06 Å². The molecular weight excluding hydrogens is 232 g/mol. The number of carbonyl (C=O) groups excluding carboxylic acids is 2. The van der Waals surface area contributed by atoms with Crippen molar-refractivity contribution >= 4 is 11.8 Å². The molecule has 1 aromatic carbocycles. The fraction of sp³-hybridized carbons (Fsp3) is 0.385. The van der Waals surface area contributed by atoms with E-state index in [1.165, 1.54) is 14.2 Å². The first-order valence-corrected chi connectivity index (χ1v) is 5.58. The summed E-state index contributed by atoms with van der Waals surface area (Å²) in [5, 5.41) is 3.77. The molecule has 1 rings (SSSR count). The van der Waals surface area contributed by atoms with Crippen molar-refractivity contribution in [2.24, 2.45) is 0 Å². The highest BCUT2D eigenvalue weighted by atomic mass is 16.7. The molecule has 0 saturated heterocycles. The predicted molar refractivity (Wildman–Crippen MR) is 67.8 cm³/mol. The Morgan fingerprint density at radius 2 is 1.78 bits per heavy atom. The summed E-state index contributed by atoms with van der Waals surface area (Å²) in [6.07, 6.45) is 0. The molecule has 0 radical (unpaired) electrons. The van der Waals surface area contributed by atoms with Gasteiger partial charge in [-0.05, 0) is 26.0 Å². The highest BCUT2D eigenvalue weighted by molar-refractivity contribution is 5.98. The molecule has 1 N–H and O–H groups in total. The summed E-state index contributed by atoms with van der Waals surface area (Å²) < 4.78 is 0. The third-order valence-electron chi connectivity index (χ3n) is 2.56. The Morgan fingerprint density at radius 3 is 2.28 bits per heavy atom. The smallest absolute Gasteiger partial charge is 0.270 e. The lowest BCUT2D eigenvalue weighted by Gasteiger charge is -2.28. The number of rotatable bonds is 4. The molecule has 0 aliphatic rings. The summed E-state index contributed by atoms with van der Waals surface area (Å²) >= 11 is 0. The standard InChI is InChI=1S/C13H18N2O3/c1-13(2,12(17)15(3)18-4)14-11(16)10-8-6-5-7-9-10/h5-9H,1-4H3,(H,14,16). The zero-order valence-corrected chi connectivity index (χ0v) is 11.1. The molecule has 0 fully saturated rings. The Bertz CT molecular complexity index is 429. The molecule has 98 valence electrons. The molecule has 0 spiro atoms. The van der Waals surface area contributed by atoms with Crippen LogP contribution in [0.25, 0.3) is 0 Å². The molecule has 0 atom stereocenters. The molecule has 5 heteroatoms. The number of benzene rings is 1. The first-order valence-electron chi connectivity index (χ1n) is 5.58. The minimum Gasteiger partial charge on any atom is -0.338 e. The molecule has 0 saturated carbocycles. The topological polar surface area (TPSA) is 58.6 Å². The molecule has 5 nitrogen and oxygen atoms in total.